The van der Waals surface area contributed by atoms with Crippen molar-refractivity contribution < 1.29 is 4.74 Å². The SMILES string of the molecule is CNc1cc2c(cn1)c(-c1cnn(C)c1)nn2C1CCC(Oc2ncccc2C)CC1. The van der Waals surface area contributed by atoms with Gasteiger partial charge in [-0.1, -0.05) is 6.07 Å². The van der Waals surface area contributed by atoms with E-state index in [-0.39, 0.29) is 6.10 Å². The van der Waals surface area contributed by atoms with E-state index in [9.17, 15) is 0 Å². The van der Waals surface area contributed by atoms with Crippen molar-refractivity contribution in [1.82, 2.24) is 29.5 Å². The minimum absolute atomic E-state index is 0.194. The van der Waals surface area contributed by atoms with Gasteiger partial charge in [0.25, 0.3) is 0 Å². The van der Waals surface area contributed by atoms with Gasteiger partial charge in [-0.2, -0.15) is 10.2 Å². The van der Waals surface area contributed by atoms with Gasteiger partial charge in [-0.25, -0.2) is 9.97 Å². The quantitative estimate of drug-likeness (QED) is 0.525. The number of aryl methyl sites for hydroxylation is 2. The summed E-state index contributed by atoms with van der Waals surface area (Å²) in [6.07, 6.45) is 11.7. The Hall–Kier alpha value is -3.42. The fourth-order valence-electron chi connectivity index (χ4n) is 4.36. The van der Waals surface area contributed by atoms with Crippen LogP contribution < -0.4 is 10.1 Å². The molecule has 8 heteroatoms. The van der Waals surface area contributed by atoms with Crippen LogP contribution in [0.3, 0.4) is 0 Å². The van der Waals surface area contributed by atoms with Crippen LogP contribution in [0.15, 0.2) is 43.0 Å². The lowest BCUT2D eigenvalue weighted by Gasteiger charge is -2.29. The minimum Gasteiger partial charge on any atom is -0.474 e. The molecule has 0 unspecified atom stereocenters. The first kappa shape index (κ1) is 19.5. The van der Waals surface area contributed by atoms with Gasteiger partial charge in [-0.15, -0.1) is 0 Å². The number of pyridine rings is 2. The number of rotatable bonds is 5. The third kappa shape index (κ3) is 3.73. The van der Waals surface area contributed by atoms with Crippen molar-refractivity contribution in [1.29, 1.82) is 0 Å². The summed E-state index contributed by atoms with van der Waals surface area (Å²) in [5.41, 5.74) is 4.12. The molecule has 0 bridgehead atoms. The average Bonchev–Trinajstić information content (AvgIpc) is 3.39. The van der Waals surface area contributed by atoms with E-state index in [0.717, 1.165) is 65.1 Å². The second kappa shape index (κ2) is 8.02. The van der Waals surface area contributed by atoms with Crippen molar-refractivity contribution in [3.8, 4) is 17.1 Å². The highest BCUT2D eigenvalue weighted by Crippen LogP contribution is 2.36. The van der Waals surface area contributed by atoms with Crippen LogP contribution in [-0.4, -0.2) is 42.7 Å². The van der Waals surface area contributed by atoms with Gasteiger partial charge in [-0.05, 0) is 38.7 Å². The molecule has 1 fully saturated rings. The van der Waals surface area contributed by atoms with Gasteiger partial charge in [0.2, 0.25) is 5.88 Å². The van der Waals surface area contributed by atoms with Crippen LogP contribution in [0.2, 0.25) is 0 Å². The molecule has 1 aliphatic carbocycles. The molecule has 160 valence electrons. The lowest BCUT2D eigenvalue weighted by molar-refractivity contribution is 0.125. The number of anilines is 1. The molecule has 1 aliphatic rings. The topological polar surface area (TPSA) is 82.7 Å². The number of fused-ring (bicyclic) bond motifs is 1. The van der Waals surface area contributed by atoms with Gasteiger partial charge >= 0.3 is 0 Å². The molecular weight excluding hydrogens is 390 g/mol. The molecule has 0 atom stereocenters. The van der Waals surface area contributed by atoms with E-state index in [1.54, 1.807) is 10.9 Å². The van der Waals surface area contributed by atoms with E-state index in [1.165, 1.54) is 0 Å². The van der Waals surface area contributed by atoms with Crippen molar-refractivity contribution in [2.75, 3.05) is 12.4 Å². The highest BCUT2D eigenvalue weighted by Gasteiger charge is 2.27. The average molecular weight is 418 g/mol. The van der Waals surface area contributed by atoms with Gasteiger partial charge in [0.15, 0.2) is 0 Å². The predicted octanol–water partition coefficient (Wildman–Crippen LogP) is 4.14. The largest absolute Gasteiger partial charge is 0.474 e. The molecule has 0 spiro atoms. The Morgan fingerprint density at radius 3 is 2.68 bits per heavy atom. The zero-order valence-corrected chi connectivity index (χ0v) is 18.1. The maximum Gasteiger partial charge on any atom is 0.216 e. The first-order valence-electron chi connectivity index (χ1n) is 10.8. The van der Waals surface area contributed by atoms with Gasteiger partial charge < -0.3 is 10.1 Å². The summed E-state index contributed by atoms with van der Waals surface area (Å²) in [5.74, 6) is 1.59. The molecule has 8 nitrogen and oxygen atoms in total. The number of ether oxygens (including phenoxy) is 1. The van der Waals surface area contributed by atoms with Crippen LogP contribution in [0.1, 0.15) is 37.3 Å². The van der Waals surface area contributed by atoms with Gasteiger partial charge in [0.1, 0.15) is 17.6 Å². The van der Waals surface area contributed by atoms with Crippen LogP contribution in [0, 0.1) is 6.92 Å². The van der Waals surface area contributed by atoms with Crippen LogP contribution >= 0.6 is 0 Å². The zero-order valence-electron chi connectivity index (χ0n) is 18.1. The monoisotopic (exact) mass is 417 g/mol. The molecule has 0 aliphatic heterocycles. The van der Waals surface area contributed by atoms with Crippen LogP contribution in [0.5, 0.6) is 5.88 Å². The molecule has 4 aromatic rings. The molecule has 1 saturated carbocycles. The fourth-order valence-corrected chi connectivity index (χ4v) is 4.36. The van der Waals surface area contributed by atoms with Crippen LogP contribution in [-0.2, 0) is 7.05 Å². The summed E-state index contributed by atoms with van der Waals surface area (Å²) in [7, 11) is 3.81. The second-order valence-corrected chi connectivity index (χ2v) is 8.21. The molecule has 0 saturated heterocycles. The van der Waals surface area contributed by atoms with E-state index in [0.29, 0.717) is 6.04 Å². The summed E-state index contributed by atoms with van der Waals surface area (Å²) in [6.45, 7) is 2.04. The standard InChI is InChI=1S/C23H27N7O/c1-15-5-4-10-25-23(15)31-18-8-6-17(7-9-18)30-20-11-21(24-2)26-13-19(20)22(28-30)16-12-27-29(3)14-16/h4-5,10-14,17-18H,6-9H2,1-3H3,(H,24,26). The molecule has 1 N–H and O–H groups in total. The Morgan fingerprint density at radius 2 is 1.97 bits per heavy atom. The number of nitrogens with zero attached hydrogens (tertiary/aromatic N) is 6. The maximum absolute atomic E-state index is 6.20. The summed E-state index contributed by atoms with van der Waals surface area (Å²) >= 11 is 0. The first-order valence-corrected chi connectivity index (χ1v) is 10.8. The predicted molar refractivity (Wildman–Crippen MR) is 120 cm³/mol. The lowest BCUT2D eigenvalue weighted by Crippen LogP contribution is -2.26. The highest BCUT2D eigenvalue weighted by atomic mass is 16.5. The molecule has 0 aromatic carbocycles. The Labute approximate surface area is 181 Å². The second-order valence-electron chi connectivity index (χ2n) is 8.21. The highest BCUT2D eigenvalue weighted by molar-refractivity contribution is 5.93. The number of aromatic nitrogens is 6. The Morgan fingerprint density at radius 1 is 1.13 bits per heavy atom. The zero-order chi connectivity index (χ0) is 21.4. The molecule has 4 heterocycles. The van der Waals surface area contributed by atoms with Crippen molar-refractivity contribution in [3.05, 3.63) is 48.5 Å². The van der Waals surface area contributed by atoms with E-state index in [2.05, 4.69) is 31.1 Å². The van der Waals surface area contributed by atoms with E-state index in [4.69, 9.17) is 9.84 Å². The summed E-state index contributed by atoms with van der Waals surface area (Å²) in [4.78, 5) is 8.91. The van der Waals surface area contributed by atoms with Crippen molar-refractivity contribution in [3.63, 3.8) is 0 Å². The lowest BCUT2D eigenvalue weighted by atomic mass is 9.93. The van der Waals surface area contributed by atoms with Gasteiger partial charge in [0, 0.05) is 55.3 Å². The van der Waals surface area contributed by atoms with Crippen molar-refractivity contribution in [2.45, 2.75) is 44.8 Å². The van der Waals surface area contributed by atoms with Crippen LogP contribution in [0.25, 0.3) is 22.2 Å². The first-order chi connectivity index (χ1) is 15.1. The summed E-state index contributed by atoms with van der Waals surface area (Å²) in [5, 5.41) is 13.6. The molecule has 5 rings (SSSR count). The molecule has 0 amide bonds. The molecule has 31 heavy (non-hydrogen) atoms. The fraction of sp³-hybridized carbons (Fsp3) is 0.391. The number of hydrogen-bond donors (Lipinski definition) is 1. The molecule has 0 radical (unpaired) electrons. The third-order valence-corrected chi connectivity index (χ3v) is 6.06. The van der Waals surface area contributed by atoms with Crippen molar-refractivity contribution >= 4 is 16.7 Å². The molecular formula is C23H27N7O. The van der Waals surface area contributed by atoms with E-state index >= 15 is 0 Å². The summed E-state index contributed by atoms with van der Waals surface area (Å²) < 4.78 is 10.2. The van der Waals surface area contributed by atoms with E-state index in [1.807, 2.05) is 51.7 Å². The maximum atomic E-state index is 6.20. The minimum atomic E-state index is 0.194. The normalized spacial score (nSPS) is 18.9. The van der Waals surface area contributed by atoms with Gasteiger partial charge in [0.05, 0.1) is 17.8 Å². The third-order valence-electron chi connectivity index (χ3n) is 6.06. The number of nitrogens with one attached hydrogen (secondary N) is 1. The van der Waals surface area contributed by atoms with Crippen molar-refractivity contribution in [2.24, 2.45) is 7.05 Å². The summed E-state index contributed by atoms with van der Waals surface area (Å²) in [6, 6.07) is 6.39. The Balaban J connectivity index is 1.42. The Kier molecular flexibility index (Phi) is 5.05. The van der Waals surface area contributed by atoms with Crippen LogP contribution in [0.4, 0.5) is 5.82 Å². The van der Waals surface area contributed by atoms with Gasteiger partial charge in [-0.3, -0.25) is 9.36 Å². The molecule has 4 aromatic heterocycles. The smallest absolute Gasteiger partial charge is 0.216 e. The number of hydrogen-bond acceptors (Lipinski definition) is 6. The Bertz CT molecular complexity index is 1200. The van der Waals surface area contributed by atoms with E-state index < -0.39 is 0 Å².